The molecule has 1 fully saturated rings. The van der Waals surface area contributed by atoms with Crippen molar-refractivity contribution >= 4 is 17.4 Å². The van der Waals surface area contributed by atoms with Gasteiger partial charge in [-0.25, -0.2) is 9.67 Å². The zero-order valence-electron chi connectivity index (χ0n) is 15.5. The standard InChI is InChI=1S/C19H21N7O2/c1-28-16-6-2-5-15(10-16)22-19(27)14-4-3-9-25(11-14)17-7-8-18(24-23-17)26-13-20-12-21-26/h2,5-8,10,12-14H,3-4,9,11H2,1H3,(H,22,27). The highest BCUT2D eigenvalue weighted by Crippen LogP contribution is 2.24. The van der Waals surface area contributed by atoms with Crippen molar-refractivity contribution in [1.82, 2.24) is 25.0 Å². The Labute approximate surface area is 162 Å². The van der Waals surface area contributed by atoms with E-state index >= 15 is 0 Å². The van der Waals surface area contributed by atoms with E-state index in [0.29, 0.717) is 18.1 Å². The molecule has 144 valence electrons. The first-order valence-electron chi connectivity index (χ1n) is 9.11. The number of rotatable bonds is 5. The van der Waals surface area contributed by atoms with E-state index in [0.717, 1.165) is 30.9 Å². The molecule has 1 aliphatic rings. The summed E-state index contributed by atoms with van der Waals surface area (Å²) >= 11 is 0. The topological polar surface area (TPSA) is 98.1 Å². The van der Waals surface area contributed by atoms with E-state index in [9.17, 15) is 4.79 Å². The number of carbonyl (C=O) groups excluding carboxylic acids is 1. The Morgan fingerprint density at radius 2 is 2.07 bits per heavy atom. The van der Waals surface area contributed by atoms with Crippen LogP contribution in [-0.4, -0.2) is 51.1 Å². The third kappa shape index (κ3) is 3.93. The highest BCUT2D eigenvalue weighted by Gasteiger charge is 2.27. The van der Waals surface area contributed by atoms with E-state index in [1.54, 1.807) is 18.1 Å². The number of nitrogens with one attached hydrogen (secondary N) is 1. The maximum atomic E-state index is 12.7. The summed E-state index contributed by atoms with van der Waals surface area (Å²) in [6.07, 6.45) is 4.79. The van der Waals surface area contributed by atoms with Crippen LogP contribution in [0.15, 0.2) is 49.1 Å². The summed E-state index contributed by atoms with van der Waals surface area (Å²) in [5, 5.41) is 15.5. The molecule has 0 radical (unpaired) electrons. The van der Waals surface area contributed by atoms with E-state index < -0.39 is 0 Å². The van der Waals surface area contributed by atoms with Crippen molar-refractivity contribution in [1.29, 1.82) is 0 Å². The Hall–Kier alpha value is -3.49. The molecule has 9 nitrogen and oxygen atoms in total. The average molecular weight is 379 g/mol. The van der Waals surface area contributed by atoms with E-state index in [4.69, 9.17) is 4.74 Å². The van der Waals surface area contributed by atoms with Crippen molar-refractivity contribution in [3.63, 3.8) is 0 Å². The van der Waals surface area contributed by atoms with Gasteiger partial charge in [0.2, 0.25) is 5.91 Å². The van der Waals surface area contributed by atoms with Gasteiger partial charge in [0.05, 0.1) is 13.0 Å². The minimum Gasteiger partial charge on any atom is -0.497 e. The quantitative estimate of drug-likeness (QED) is 0.723. The van der Waals surface area contributed by atoms with Crippen LogP contribution >= 0.6 is 0 Å². The summed E-state index contributed by atoms with van der Waals surface area (Å²) in [5.41, 5.74) is 0.735. The van der Waals surface area contributed by atoms with Gasteiger partial charge >= 0.3 is 0 Å². The van der Waals surface area contributed by atoms with Gasteiger partial charge in [0.1, 0.15) is 18.4 Å². The van der Waals surface area contributed by atoms with Crippen molar-refractivity contribution in [2.45, 2.75) is 12.8 Å². The molecule has 1 unspecified atom stereocenters. The smallest absolute Gasteiger partial charge is 0.229 e. The van der Waals surface area contributed by atoms with Gasteiger partial charge in [-0.3, -0.25) is 4.79 Å². The second kappa shape index (κ2) is 8.03. The van der Waals surface area contributed by atoms with Crippen molar-refractivity contribution in [2.24, 2.45) is 5.92 Å². The predicted molar refractivity (Wildman–Crippen MR) is 104 cm³/mol. The van der Waals surface area contributed by atoms with Crippen LogP contribution in [0.4, 0.5) is 11.5 Å². The molecule has 4 rings (SSSR count). The van der Waals surface area contributed by atoms with Gasteiger partial charge in [-0.15, -0.1) is 10.2 Å². The first-order valence-corrected chi connectivity index (χ1v) is 9.11. The minimum atomic E-state index is -0.114. The Morgan fingerprint density at radius 1 is 1.21 bits per heavy atom. The third-order valence-electron chi connectivity index (χ3n) is 4.74. The highest BCUT2D eigenvalue weighted by atomic mass is 16.5. The van der Waals surface area contributed by atoms with Crippen LogP contribution in [-0.2, 0) is 4.79 Å². The second-order valence-corrected chi connectivity index (χ2v) is 6.60. The summed E-state index contributed by atoms with van der Waals surface area (Å²) in [6, 6.07) is 11.1. The molecule has 0 aliphatic carbocycles. The highest BCUT2D eigenvalue weighted by molar-refractivity contribution is 5.93. The molecule has 1 aliphatic heterocycles. The van der Waals surface area contributed by atoms with Gasteiger partial charge in [-0.2, -0.15) is 5.10 Å². The van der Waals surface area contributed by atoms with Crippen LogP contribution in [0.5, 0.6) is 5.75 Å². The van der Waals surface area contributed by atoms with E-state index in [1.807, 2.05) is 36.4 Å². The van der Waals surface area contributed by atoms with Crippen LogP contribution in [0.2, 0.25) is 0 Å². The molecule has 1 aromatic carbocycles. The van der Waals surface area contributed by atoms with Crippen LogP contribution in [0.1, 0.15) is 12.8 Å². The SMILES string of the molecule is COc1cccc(NC(=O)C2CCCN(c3ccc(-n4cncn4)nn3)C2)c1. The zero-order valence-corrected chi connectivity index (χ0v) is 15.5. The van der Waals surface area contributed by atoms with Crippen molar-refractivity contribution in [3.8, 4) is 11.6 Å². The molecule has 28 heavy (non-hydrogen) atoms. The molecule has 3 heterocycles. The Balaban J connectivity index is 1.41. The fourth-order valence-corrected chi connectivity index (χ4v) is 3.28. The van der Waals surface area contributed by atoms with Gasteiger partial charge in [0.15, 0.2) is 11.6 Å². The lowest BCUT2D eigenvalue weighted by Crippen LogP contribution is -2.41. The first kappa shape index (κ1) is 17.9. The summed E-state index contributed by atoms with van der Waals surface area (Å²) < 4.78 is 6.76. The summed E-state index contributed by atoms with van der Waals surface area (Å²) in [5.74, 6) is 1.96. The Kier molecular flexibility index (Phi) is 5.14. The normalized spacial score (nSPS) is 16.6. The number of aromatic nitrogens is 5. The molecule has 2 aromatic heterocycles. The largest absolute Gasteiger partial charge is 0.497 e. The van der Waals surface area contributed by atoms with E-state index in [-0.39, 0.29) is 11.8 Å². The predicted octanol–water partition coefficient (Wildman–Crippen LogP) is 1.92. The number of ether oxygens (including phenoxy) is 1. The van der Waals surface area contributed by atoms with Crippen LogP contribution in [0.25, 0.3) is 5.82 Å². The Bertz CT molecular complexity index is 928. The fourth-order valence-electron chi connectivity index (χ4n) is 3.28. The molecule has 0 bridgehead atoms. The van der Waals surface area contributed by atoms with Crippen molar-refractivity contribution in [2.75, 3.05) is 30.4 Å². The van der Waals surface area contributed by atoms with E-state index in [2.05, 4.69) is 30.5 Å². The van der Waals surface area contributed by atoms with Gasteiger partial charge < -0.3 is 15.0 Å². The summed E-state index contributed by atoms with van der Waals surface area (Å²) in [4.78, 5) is 18.7. The number of anilines is 2. The zero-order chi connectivity index (χ0) is 19.3. The van der Waals surface area contributed by atoms with Gasteiger partial charge in [0.25, 0.3) is 0 Å². The number of hydrogen-bond donors (Lipinski definition) is 1. The number of carbonyl (C=O) groups is 1. The van der Waals surface area contributed by atoms with Gasteiger partial charge in [-0.1, -0.05) is 6.07 Å². The molecule has 0 spiro atoms. The molecule has 1 N–H and O–H groups in total. The van der Waals surface area contributed by atoms with Crippen LogP contribution in [0.3, 0.4) is 0 Å². The average Bonchev–Trinajstić information content (AvgIpc) is 3.29. The fraction of sp³-hybridized carbons (Fsp3) is 0.316. The molecule has 1 amide bonds. The first-order chi connectivity index (χ1) is 13.7. The van der Waals surface area contributed by atoms with Gasteiger partial charge in [0, 0.05) is 24.8 Å². The second-order valence-electron chi connectivity index (χ2n) is 6.60. The van der Waals surface area contributed by atoms with E-state index in [1.165, 1.54) is 6.33 Å². The third-order valence-corrected chi connectivity index (χ3v) is 4.74. The number of methoxy groups -OCH3 is 1. The van der Waals surface area contributed by atoms with Crippen LogP contribution < -0.4 is 15.0 Å². The molecular weight excluding hydrogens is 358 g/mol. The molecule has 1 saturated heterocycles. The molecule has 9 heteroatoms. The Morgan fingerprint density at radius 3 is 2.82 bits per heavy atom. The number of hydrogen-bond acceptors (Lipinski definition) is 7. The molecule has 0 saturated carbocycles. The molecular formula is C19H21N7O2. The molecule has 1 atom stereocenters. The number of benzene rings is 1. The lowest BCUT2D eigenvalue weighted by Gasteiger charge is -2.32. The number of nitrogens with zero attached hydrogens (tertiary/aromatic N) is 6. The van der Waals surface area contributed by atoms with Crippen molar-refractivity contribution in [3.05, 3.63) is 49.1 Å². The number of amides is 1. The lowest BCUT2D eigenvalue weighted by atomic mass is 9.97. The van der Waals surface area contributed by atoms with Crippen LogP contribution in [0, 0.1) is 5.92 Å². The molecule has 3 aromatic rings. The summed E-state index contributed by atoms with van der Waals surface area (Å²) in [7, 11) is 1.61. The lowest BCUT2D eigenvalue weighted by molar-refractivity contribution is -0.120. The monoisotopic (exact) mass is 379 g/mol. The number of piperidine rings is 1. The van der Waals surface area contributed by atoms with Gasteiger partial charge in [-0.05, 0) is 37.1 Å². The maximum Gasteiger partial charge on any atom is 0.229 e. The minimum absolute atomic E-state index is 0.00477. The van der Waals surface area contributed by atoms with Crippen molar-refractivity contribution < 1.29 is 9.53 Å². The maximum absolute atomic E-state index is 12.7. The summed E-state index contributed by atoms with van der Waals surface area (Å²) in [6.45, 7) is 1.45.